The summed E-state index contributed by atoms with van der Waals surface area (Å²) in [6.07, 6.45) is 4.71. The fraction of sp³-hybridized carbons (Fsp3) is 0.500. The lowest BCUT2D eigenvalue weighted by atomic mass is 10.0. The van der Waals surface area contributed by atoms with E-state index < -0.39 is 0 Å². The van der Waals surface area contributed by atoms with E-state index in [-0.39, 0.29) is 11.7 Å². The van der Waals surface area contributed by atoms with E-state index in [2.05, 4.69) is 10.3 Å². The van der Waals surface area contributed by atoms with E-state index in [9.17, 15) is 9.90 Å². The SMILES string of the molecule is O=C(NCC1CCOCC1)c1cncc(O)c1. The Balaban J connectivity index is 1.84. The highest BCUT2D eigenvalue weighted by atomic mass is 16.5. The van der Waals surface area contributed by atoms with E-state index in [1.54, 1.807) is 0 Å². The molecule has 2 rings (SSSR count). The lowest BCUT2D eigenvalue weighted by molar-refractivity contribution is 0.0642. The van der Waals surface area contributed by atoms with Crippen LogP contribution in [0, 0.1) is 5.92 Å². The van der Waals surface area contributed by atoms with Crippen LogP contribution in [0.25, 0.3) is 0 Å². The molecule has 0 spiro atoms. The lowest BCUT2D eigenvalue weighted by Gasteiger charge is -2.22. The summed E-state index contributed by atoms with van der Waals surface area (Å²) in [7, 11) is 0. The second-order valence-electron chi connectivity index (χ2n) is 4.20. The van der Waals surface area contributed by atoms with Crippen LogP contribution >= 0.6 is 0 Å². The largest absolute Gasteiger partial charge is 0.506 e. The van der Waals surface area contributed by atoms with Gasteiger partial charge in [0.25, 0.3) is 5.91 Å². The van der Waals surface area contributed by atoms with Crippen molar-refractivity contribution in [3.05, 3.63) is 24.0 Å². The van der Waals surface area contributed by atoms with Crippen molar-refractivity contribution in [2.75, 3.05) is 19.8 Å². The van der Waals surface area contributed by atoms with Crippen molar-refractivity contribution < 1.29 is 14.6 Å². The number of pyridine rings is 1. The van der Waals surface area contributed by atoms with Crippen molar-refractivity contribution in [2.24, 2.45) is 5.92 Å². The van der Waals surface area contributed by atoms with Crippen LogP contribution in [0.3, 0.4) is 0 Å². The quantitative estimate of drug-likeness (QED) is 0.819. The average molecular weight is 236 g/mol. The maximum atomic E-state index is 11.7. The zero-order chi connectivity index (χ0) is 12.1. The molecule has 2 N–H and O–H groups in total. The Hall–Kier alpha value is -1.62. The molecule has 0 bridgehead atoms. The molecule has 5 nitrogen and oxygen atoms in total. The molecule has 5 heteroatoms. The van der Waals surface area contributed by atoms with Gasteiger partial charge >= 0.3 is 0 Å². The predicted molar refractivity (Wildman–Crippen MR) is 61.8 cm³/mol. The van der Waals surface area contributed by atoms with Gasteiger partial charge < -0.3 is 15.2 Å². The van der Waals surface area contributed by atoms with Crippen molar-refractivity contribution >= 4 is 5.91 Å². The number of hydrogen-bond acceptors (Lipinski definition) is 4. The molecule has 0 saturated carbocycles. The average Bonchev–Trinajstić information content (AvgIpc) is 2.37. The standard InChI is InChI=1S/C12H16N2O3/c15-11-5-10(7-13-8-11)12(16)14-6-9-1-3-17-4-2-9/h5,7-9,15H,1-4,6H2,(H,14,16). The molecule has 0 aliphatic carbocycles. The monoisotopic (exact) mass is 236 g/mol. The minimum Gasteiger partial charge on any atom is -0.506 e. The van der Waals surface area contributed by atoms with Gasteiger partial charge in [-0.2, -0.15) is 0 Å². The first-order chi connectivity index (χ1) is 8.25. The molecule has 2 heterocycles. The van der Waals surface area contributed by atoms with Crippen molar-refractivity contribution in [3.8, 4) is 5.75 Å². The van der Waals surface area contributed by atoms with Crippen LogP contribution in [0.5, 0.6) is 5.75 Å². The van der Waals surface area contributed by atoms with Crippen LogP contribution in [0.2, 0.25) is 0 Å². The summed E-state index contributed by atoms with van der Waals surface area (Å²) in [5, 5.41) is 12.1. The van der Waals surface area contributed by atoms with Crippen LogP contribution in [-0.2, 0) is 4.74 Å². The first-order valence-electron chi connectivity index (χ1n) is 5.75. The second kappa shape index (κ2) is 5.63. The van der Waals surface area contributed by atoms with Gasteiger partial charge in [-0.1, -0.05) is 0 Å². The summed E-state index contributed by atoms with van der Waals surface area (Å²) in [6, 6.07) is 1.41. The van der Waals surface area contributed by atoms with Gasteiger partial charge in [0.2, 0.25) is 0 Å². The van der Waals surface area contributed by atoms with Gasteiger partial charge in [0, 0.05) is 26.0 Å². The van der Waals surface area contributed by atoms with Gasteiger partial charge in [-0.05, 0) is 24.8 Å². The van der Waals surface area contributed by atoms with E-state index >= 15 is 0 Å². The summed E-state index contributed by atoms with van der Waals surface area (Å²) in [4.78, 5) is 15.5. The number of ether oxygens (including phenoxy) is 1. The van der Waals surface area contributed by atoms with Crippen LogP contribution < -0.4 is 5.32 Å². The smallest absolute Gasteiger partial charge is 0.252 e. The molecule has 1 saturated heterocycles. The third-order valence-electron chi connectivity index (χ3n) is 2.88. The molecule has 1 aliphatic heterocycles. The van der Waals surface area contributed by atoms with Crippen molar-refractivity contribution in [2.45, 2.75) is 12.8 Å². The third kappa shape index (κ3) is 3.42. The van der Waals surface area contributed by atoms with Gasteiger partial charge in [0.1, 0.15) is 5.75 Å². The molecule has 0 aromatic carbocycles. The molecule has 0 radical (unpaired) electrons. The molecule has 0 atom stereocenters. The number of aromatic nitrogens is 1. The van der Waals surface area contributed by atoms with Crippen LogP contribution in [0.15, 0.2) is 18.5 Å². The first kappa shape index (κ1) is 11.9. The topological polar surface area (TPSA) is 71.5 Å². The summed E-state index contributed by atoms with van der Waals surface area (Å²) in [5.74, 6) is 0.293. The van der Waals surface area contributed by atoms with Crippen LogP contribution in [0.1, 0.15) is 23.2 Å². The Kier molecular flexibility index (Phi) is 3.93. The van der Waals surface area contributed by atoms with E-state index in [0.717, 1.165) is 26.1 Å². The summed E-state index contributed by atoms with van der Waals surface area (Å²) in [6.45, 7) is 2.19. The number of carbonyl (C=O) groups excluding carboxylic acids is 1. The molecule has 1 aliphatic rings. The normalized spacial score (nSPS) is 16.7. The third-order valence-corrected chi connectivity index (χ3v) is 2.88. The molecule has 1 aromatic heterocycles. The first-order valence-corrected chi connectivity index (χ1v) is 5.75. The van der Waals surface area contributed by atoms with E-state index in [0.29, 0.717) is 18.0 Å². The minimum absolute atomic E-state index is 0.00344. The summed E-state index contributed by atoms with van der Waals surface area (Å²) >= 11 is 0. The number of aromatic hydroxyl groups is 1. The fourth-order valence-corrected chi connectivity index (χ4v) is 1.84. The Labute approximate surface area is 99.8 Å². The zero-order valence-electron chi connectivity index (χ0n) is 9.56. The van der Waals surface area contributed by atoms with Gasteiger partial charge in [0.15, 0.2) is 0 Å². The van der Waals surface area contributed by atoms with Crippen molar-refractivity contribution in [1.82, 2.24) is 10.3 Å². The zero-order valence-corrected chi connectivity index (χ0v) is 9.56. The lowest BCUT2D eigenvalue weighted by Crippen LogP contribution is -2.32. The van der Waals surface area contributed by atoms with E-state index in [1.807, 2.05) is 0 Å². The Morgan fingerprint density at radius 1 is 1.47 bits per heavy atom. The van der Waals surface area contributed by atoms with Crippen LogP contribution in [-0.4, -0.2) is 35.8 Å². The number of nitrogens with zero attached hydrogens (tertiary/aromatic N) is 1. The molecular weight excluding hydrogens is 220 g/mol. The number of carbonyl (C=O) groups is 1. The maximum absolute atomic E-state index is 11.7. The maximum Gasteiger partial charge on any atom is 0.252 e. The number of hydrogen-bond donors (Lipinski definition) is 2. The highest BCUT2D eigenvalue weighted by molar-refractivity contribution is 5.94. The molecule has 17 heavy (non-hydrogen) atoms. The minimum atomic E-state index is -0.195. The Morgan fingerprint density at radius 2 is 2.24 bits per heavy atom. The van der Waals surface area contributed by atoms with Gasteiger partial charge in [-0.3, -0.25) is 9.78 Å². The van der Waals surface area contributed by atoms with Crippen molar-refractivity contribution in [1.29, 1.82) is 0 Å². The molecule has 1 fully saturated rings. The molecular formula is C12H16N2O3. The molecule has 0 unspecified atom stereocenters. The van der Waals surface area contributed by atoms with E-state index in [4.69, 9.17) is 4.74 Å². The Bertz CT molecular complexity index is 389. The fourth-order valence-electron chi connectivity index (χ4n) is 1.84. The summed E-state index contributed by atoms with van der Waals surface area (Å²) < 4.78 is 5.25. The summed E-state index contributed by atoms with van der Waals surface area (Å²) in [5.41, 5.74) is 0.386. The van der Waals surface area contributed by atoms with Gasteiger partial charge in [-0.25, -0.2) is 0 Å². The molecule has 92 valence electrons. The van der Waals surface area contributed by atoms with E-state index in [1.165, 1.54) is 18.5 Å². The Morgan fingerprint density at radius 3 is 2.94 bits per heavy atom. The number of nitrogens with one attached hydrogen (secondary N) is 1. The second-order valence-corrected chi connectivity index (χ2v) is 4.20. The highest BCUT2D eigenvalue weighted by Crippen LogP contribution is 2.14. The van der Waals surface area contributed by atoms with Gasteiger partial charge in [-0.15, -0.1) is 0 Å². The van der Waals surface area contributed by atoms with Crippen LogP contribution in [0.4, 0.5) is 0 Å². The molecule has 1 amide bonds. The number of amides is 1. The highest BCUT2D eigenvalue weighted by Gasteiger charge is 2.15. The van der Waals surface area contributed by atoms with Gasteiger partial charge in [0.05, 0.1) is 11.8 Å². The van der Waals surface area contributed by atoms with Crippen molar-refractivity contribution in [3.63, 3.8) is 0 Å². The number of rotatable bonds is 3. The molecule has 1 aromatic rings. The predicted octanol–water partition coefficient (Wildman–Crippen LogP) is 0.944.